The van der Waals surface area contributed by atoms with Crippen LogP contribution in [0.1, 0.15) is 52.0 Å². The first kappa shape index (κ1) is 23.3. The average molecular weight is 418 g/mol. The fourth-order valence-corrected chi connectivity index (χ4v) is 2.95. The van der Waals surface area contributed by atoms with Gasteiger partial charge < -0.3 is 15.0 Å². The SMILES string of the molecule is CC(C)(C)OC(=O)N(CCCNC(=O)CCN1C(=O)CCC1=O)Cc1cccnc1. The van der Waals surface area contributed by atoms with E-state index in [0.29, 0.717) is 26.1 Å². The first-order chi connectivity index (χ1) is 14.2. The summed E-state index contributed by atoms with van der Waals surface area (Å²) in [5.74, 6) is -0.689. The van der Waals surface area contributed by atoms with Crippen molar-refractivity contribution in [2.24, 2.45) is 0 Å². The Hall–Kier alpha value is -2.97. The maximum Gasteiger partial charge on any atom is 0.410 e. The molecule has 1 aromatic heterocycles. The van der Waals surface area contributed by atoms with Gasteiger partial charge >= 0.3 is 6.09 Å². The second kappa shape index (κ2) is 10.7. The minimum Gasteiger partial charge on any atom is -0.444 e. The van der Waals surface area contributed by atoms with Crippen molar-refractivity contribution in [3.05, 3.63) is 30.1 Å². The predicted octanol–water partition coefficient (Wildman–Crippen LogP) is 1.86. The Bertz CT molecular complexity index is 744. The summed E-state index contributed by atoms with van der Waals surface area (Å²) in [6.07, 6.45) is 3.98. The largest absolute Gasteiger partial charge is 0.444 e. The highest BCUT2D eigenvalue weighted by Gasteiger charge is 2.28. The van der Waals surface area contributed by atoms with Crippen LogP contribution in [-0.4, -0.2) is 63.8 Å². The van der Waals surface area contributed by atoms with Crippen LogP contribution in [0, 0.1) is 0 Å². The van der Waals surface area contributed by atoms with Crippen molar-refractivity contribution in [2.75, 3.05) is 19.6 Å². The first-order valence-electron chi connectivity index (χ1n) is 10.1. The topological polar surface area (TPSA) is 109 Å². The zero-order chi connectivity index (χ0) is 22.1. The molecule has 1 N–H and O–H groups in total. The number of likely N-dealkylation sites (tertiary alicyclic amines) is 1. The molecule has 0 aromatic carbocycles. The van der Waals surface area contributed by atoms with Gasteiger partial charge in [-0.2, -0.15) is 0 Å². The number of imide groups is 1. The van der Waals surface area contributed by atoms with Crippen LogP contribution >= 0.6 is 0 Å². The number of rotatable bonds is 9. The molecule has 0 spiro atoms. The first-order valence-corrected chi connectivity index (χ1v) is 10.1. The lowest BCUT2D eigenvalue weighted by Gasteiger charge is -2.27. The van der Waals surface area contributed by atoms with Crippen molar-refractivity contribution in [3.8, 4) is 0 Å². The molecule has 1 aromatic rings. The third kappa shape index (κ3) is 7.81. The number of carbonyl (C=O) groups excluding carboxylic acids is 4. The average Bonchev–Trinajstić information content (AvgIpc) is 2.99. The molecule has 0 aliphatic carbocycles. The molecule has 0 bridgehead atoms. The molecule has 164 valence electrons. The van der Waals surface area contributed by atoms with E-state index in [1.165, 1.54) is 0 Å². The maximum absolute atomic E-state index is 12.5. The van der Waals surface area contributed by atoms with Gasteiger partial charge in [-0.05, 0) is 38.8 Å². The summed E-state index contributed by atoms with van der Waals surface area (Å²) in [5, 5.41) is 2.76. The van der Waals surface area contributed by atoms with Crippen molar-refractivity contribution in [3.63, 3.8) is 0 Å². The third-order valence-corrected chi connectivity index (χ3v) is 4.39. The van der Waals surface area contributed by atoms with E-state index in [9.17, 15) is 19.2 Å². The van der Waals surface area contributed by atoms with E-state index in [-0.39, 0.29) is 43.5 Å². The minimum absolute atomic E-state index is 0.0724. The molecular weight excluding hydrogens is 388 g/mol. The number of nitrogens with one attached hydrogen (secondary N) is 1. The van der Waals surface area contributed by atoms with Crippen LogP contribution in [0.3, 0.4) is 0 Å². The molecule has 1 aliphatic heterocycles. The Kier molecular flexibility index (Phi) is 8.32. The summed E-state index contributed by atoms with van der Waals surface area (Å²) < 4.78 is 5.48. The molecule has 9 nitrogen and oxygen atoms in total. The Balaban J connectivity index is 1.78. The summed E-state index contributed by atoms with van der Waals surface area (Å²) in [4.78, 5) is 54.4. The monoisotopic (exact) mass is 418 g/mol. The van der Waals surface area contributed by atoms with Gasteiger partial charge in [0.25, 0.3) is 0 Å². The zero-order valence-electron chi connectivity index (χ0n) is 17.8. The van der Waals surface area contributed by atoms with E-state index >= 15 is 0 Å². The number of carbonyl (C=O) groups is 4. The van der Waals surface area contributed by atoms with Crippen molar-refractivity contribution >= 4 is 23.8 Å². The predicted molar refractivity (Wildman–Crippen MR) is 109 cm³/mol. The summed E-state index contributed by atoms with van der Waals surface area (Å²) in [5.41, 5.74) is 0.274. The van der Waals surface area contributed by atoms with E-state index in [1.807, 2.05) is 26.8 Å². The highest BCUT2D eigenvalue weighted by Crippen LogP contribution is 2.13. The molecule has 0 saturated carbocycles. The van der Waals surface area contributed by atoms with Gasteiger partial charge in [0, 0.05) is 51.3 Å². The van der Waals surface area contributed by atoms with Gasteiger partial charge in [0.2, 0.25) is 17.7 Å². The van der Waals surface area contributed by atoms with Gasteiger partial charge in [-0.3, -0.25) is 24.3 Å². The van der Waals surface area contributed by atoms with Gasteiger partial charge in [0.05, 0.1) is 6.54 Å². The second-order valence-electron chi connectivity index (χ2n) is 8.16. The Morgan fingerprint density at radius 1 is 1.23 bits per heavy atom. The fourth-order valence-electron chi connectivity index (χ4n) is 2.95. The lowest BCUT2D eigenvalue weighted by molar-refractivity contribution is -0.138. The molecule has 0 radical (unpaired) electrons. The smallest absolute Gasteiger partial charge is 0.410 e. The maximum atomic E-state index is 12.5. The summed E-state index contributed by atoms with van der Waals surface area (Å²) in [7, 11) is 0. The highest BCUT2D eigenvalue weighted by atomic mass is 16.6. The number of aromatic nitrogens is 1. The Morgan fingerprint density at radius 2 is 1.93 bits per heavy atom. The van der Waals surface area contributed by atoms with Crippen molar-refractivity contribution in [1.29, 1.82) is 0 Å². The molecule has 1 saturated heterocycles. The summed E-state index contributed by atoms with van der Waals surface area (Å²) in [6.45, 7) is 6.65. The molecule has 2 rings (SSSR count). The van der Waals surface area contributed by atoms with Crippen LogP contribution in [0.4, 0.5) is 4.79 Å². The fraction of sp³-hybridized carbons (Fsp3) is 0.571. The summed E-state index contributed by atoms with van der Waals surface area (Å²) in [6, 6.07) is 3.69. The lowest BCUT2D eigenvalue weighted by atomic mass is 10.2. The molecular formula is C21H30N4O5. The van der Waals surface area contributed by atoms with Crippen LogP contribution in [0.5, 0.6) is 0 Å². The molecule has 1 fully saturated rings. The van der Waals surface area contributed by atoms with Gasteiger partial charge in [-0.25, -0.2) is 4.79 Å². The van der Waals surface area contributed by atoms with Gasteiger partial charge in [0.1, 0.15) is 5.60 Å². The number of pyridine rings is 1. The number of nitrogens with zero attached hydrogens (tertiary/aromatic N) is 3. The number of hydrogen-bond donors (Lipinski definition) is 1. The van der Waals surface area contributed by atoms with Crippen LogP contribution in [-0.2, 0) is 25.7 Å². The van der Waals surface area contributed by atoms with E-state index in [4.69, 9.17) is 4.74 Å². The minimum atomic E-state index is -0.608. The third-order valence-electron chi connectivity index (χ3n) is 4.39. The van der Waals surface area contributed by atoms with E-state index < -0.39 is 11.7 Å². The van der Waals surface area contributed by atoms with Crippen molar-refractivity contribution in [2.45, 2.75) is 58.6 Å². The Labute approximate surface area is 176 Å². The van der Waals surface area contributed by atoms with Crippen LogP contribution in [0.15, 0.2) is 24.5 Å². The van der Waals surface area contributed by atoms with Gasteiger partial charge in [0.15, 0.2) is 0 Å². The molecule has 0 unspecified atom stereocenters. The molecule has 2 heterocycles. The van der Waals surface area contributed by atoms with Gasteiger partial charge in [-0.15, -0.1) is 0 Å². The summed E-state index contributed by atoms with van der Waals surface area (Å²) >= 11 is 0. The molecule has 0 atom stereocenters. The number of ether oxygens (including phenoxy) is 1. The van der Waals surface area contributed by atoms with Crippen LogP contribution < -0.4 is 5.32 Å². The molecule has 9 heteroatoms. The zero-order valence-corrected chi connectivity index (χ0v) is 17.8. The quantitative estimate of drug-likeness (QED) is 0.484. The molecule has 1 aliphatic rings. The van der Waals surface area contributed by atoms with Crippen molar-refractivity contribution in [1.82, 2.24) is 20.1 Å². The number of hydrogen-bond acceptors (Lipinski definition) is 6. The van der Waals surface area contributed by atoms with Crippen LogP contribution in [0.2, 0.25) is 0 Å². The number of amides is 4. The van der Waals surface area contributed by atoms with Crippen LogP contribution in [0.25, 0.3) is 0 Å². The molecule has 4 amide bonds. The van der Waals surface area contributed by atoms with E-state index in [1.54, 1.807) is 23.4 Å². The van der Waals surface area contributed by atoms with E-state index in [2.05, 4.69) is 10.3 Å². The standard InChI is InChI=1S/C21H30N4O5/c1-21(2,3)30-20(29)24(15-16-6-4-10-22-14-16)12-5-11-23-17(26)9-13-25-18(27)7-8-19(25)28/h4,6,10,14H,5,7-9,11-13,15H2,1-3H3,(H,23,26). The molecule has 30 heavy (non-hydrogen) atoms. The highest BCUT2D eigenvalue weighted by molar-refractivity contribution is 6.02. The normalized spacial score (nSPS) is 14.0. The second-order valence-corrected chi connectivity index (χ2v) is 8.16. The van der Waals surface area contributed by atoms with Crippen molar-refractivity contribution < 1.29 is 23.9 Å². The Morgan fingerprint density at radius 3 is 2.53 bits per heavy atom. The van der Waals surface area contributed by atoms with E-state index in [0.717, 1.165) is 10.5 Å². The van der Waals surface area contributed by atoms with Gasteiger partial charge in [-0.1, -0.05) is 6.07 Å². The lowest BCUT2D eigenvalue weighted by Crippen LogP contribution is -2.38.